The molecule has 3 aromatic rings. The molecule has 0 spiro atoms. The zero-order chi connectivity index (χ0) is 14.8. The number of nitriles is 1. The van der Waals surface area contributed by atoms with Gasteiger partial charge in [-0.2, -0.15) is 5.26 Å². The molecule has 0 atom stereocenters. The van der Waals surface area contributed by atoms with Crippen molar-refractivity contribution in [3.05, 3.63) is 53.7 Å². The number of hydrogen-bond acceptors (Lipinski definition) is 5. The molecule has 5 nitrogen and oxygen atoms in total. The minimum absolute atomic E-state index is 0.392. The molecule has 0 aliphatic heterocycles. The van der Waals surface area contributed by atoms with Crippen LogP contribution in [-0.2, 0) is 0 Å². The quantitative estimate of drug-likeness (QED) is 0.726. The van der Waals surface area contributed by atoms with Crippen molar-refractivity contribution < 1.29 is 4.74 Å². The summed E-state index contributed by atoms with van der Waals surface area (Å²) in [5, 5.41) is 8.84. The van der Waals surface area contributed by atoms with Crippen molar-refractivity contribution in [2.45, 2.75) is 6.92 Å². The van der Waals surface area contributed by atoms with Gasteiger partial charge in [-0.25, -0.2) is 9.97 Å². The molecule has 0 amide bonds. The van der Waals surface area contributed by atoms with Crippen molar-refractivity contribution in [3.63, 3.8) is 0 Å². The van der Waals surface area contributed by atoms with Crippen LogP contribution in [0.3, 0.4) is 0 Å². The minimum atomic E-state index is 0.392. The molecule has 1 aromatic heterocycles. The Labute approximate surface area is 121 Å². The van der Waals surface area contributed by atoms with Gasteiger partial charge in [-0.3, -0.25) is 0 Å². The highest BCUT2D eigenvalue weighted by Crippen LogP contribution is 2.29. The fourth-order valence-corrected chi connectivity index (χ4v) is 1.98. The maximum absolute atomic E-state index is 8.84. The third-order valence-electron chi connectivity index (χ3n) is 3.05. The highest BCUT2D eigenvalue weighted by molar-refractivity contribution is 5.74. The highest BCUT2D eigenvalue weighted by atomic mass is 16.5. The van der Waals surface area contributed by atoms with Crippen molar-refractivity contribution in [1.82, 2.24) is 9.97 Å². The van der Waals surface area contributed by atoms with E-state index >= 15 is 0 Å². The summed E-state index contributed by atoms with van der Waals surface area (Å²) in [4.78, 5) is 8.90. The van der Waals surface area contributed by atoms with Crippen LogP contribution < -0.4 is 10.5 Å². The van der Waals surface area contributed by atoms with Crippen LogP contribution >= 0.6 is 0 Å². The van der Waals surface area contributed by atoms with Crippen LogP contribution in [0.2, 0.25) is 0 Å². The van der Waals surface area contributed by atoms with Crippen molar-refractivity contribution in [1.29, 1.82) is 5.26 Å². The number of anilines is 1. The molecule has 0 aliphatic carbocycles. The van der Waals surface area contributed by atoms with Gasteiger partial charge in [-0.05, 0) is 37.3 Å². The van der Waals surface area contributed by atoms with Crippen LogP contribution in [0.1, 0.15) is 11.3 Å². The van der Waals surface area contributed by atoms with E-state index in [0.29, 0.717) is 28.6 Å². The van der Waals surface area contributed by atoms with E-state index in [1.54, 1.807) is 18.2 Å². The Balaban J connectivity index is 2.02. The summed E-state index contributed by atoms with van der Waals surface area (Å²) < 4.78 is 5.74. The normalized spacial score (nSPS) is 10.3. The number of benzene rings is 2. The number of nitrogens with zero attached hydrogens (tertiary/aromatic N) is 3. The zero-order valence-corrected chi connectivity index (χ0v) is 11.4. The predicted octanol–water partition coefficient (Wildman–Crippen LogP) is 3.18. The van der Waals surface area contributed by atoms with Crippen LogP contribution in [0, 0.1) is 18.3 Å². The summed E-state index contributed by atoms with van der Waals surface area (Å²) in [6.45, 7) is 1.83. The molecule has 5 heteroatoms. The average molecular weight is 276 g/mol. The summed E-state index contributed by atoms with van der Waals surface area (Å²) in [6.07, 6.45) is 0. The lowest BCUT2D eigenvalue weighted by atomic mass is 10.2. The first-order chi connectivity index (χ1) is 10.2. The molecule has 0 bridgehead atoms. The molecule has 0 radical (unpaired) electrons. The second-order valence-corrected chi connectivity index (χ2v) is 4.57. The number of hydrogen-bond donors (Lipinski definition) is 1. The Morgan fingerprint density at radius 2 is 1.81 bits per heavy atom. The van der Waals surface area contributed by atoms with Crippen LogP contribution in [0.15, 0.2) is 42.5 Å². The van der Waals surface area contributed by atoms with E-state index < -0.39 is 0 Å². The van der Waals surface area contributed by atoms with Crippen LogP contribution in [0.5, 0.6) is 11.6 Å². The Kier molecular flexibility index (Phi) is 3.13. The first-order valence-electron chi connectivity index (χ1n) is 6.38. The molecule has 2 N–H and O–H groups in total. The maximum atomic E-state index is 8.84. The molecule has 2 aromatic carbocycles. The molecule has 0 saturated heterocycles. The SMILES string of the molecule is Cc1nc2ccccc2nc1Oc1ccc(C#N)cc1N. The highest BCUT2D eigenvalue weighted by Gasteiger charge is 2.09. The molecule has 0 saturated carbocycles. The first-order valence-corrected chi connectivity index (χ1v) is 6.38. The number of nitrogens with two attached hydrogens (primary N) is 1. The van der Waals surface area contributed by atoms with Gasteiger partial charge < -0.3 is 10.5 Å². The van der Waals surface area contributed by atoms with E-state index in [1.807, 2.05) is 37.3 Å². The molecule has 0 fully saturated rings. The minimum Gasteiger partial charge on any atom is -0.435 e. The summed E-state index contributed by atoms with van der Waals surface area (Å²) in [5.74, 6) is 0.867. The van der Waals surface area contributed by atoms with Gasteiger partial charge in [0.05, 0.1) is 28.4 Å². The van der Waals surface area contributed by atoms with Crippen molar-refractivity contribution >= 4 is 16.7 Å². The fourth-order valence-electron chi connectivity index (χ4n) is 1.98. The zero-order valence-electron chi connectivity index (χ0n) is 11.4. The third kappa shape index (κ3) is 2.47. The lowest BCUT2D eigenvalue weighted by molar-refractivity contribution is 0.460. The molecular formula is C16H12N4O. The van der Waals surface area contributed by atoms with Gasteiger partial charge in [-0.1, -0.05) is 12.1 Å². The molecule has 0 aliphatic rings. The van der Waals surface area contributed by atoms with E-state index in [1.165, 1.54) is 0 Å². The first kappa shape index (κ1) is 12.9. The van der Waals surface area contributed by atoms with Crippen LogP contribution in [0.4, 0.5) is 5.69 Å². The lowest BCUT2D eigenvalue weighted by Crippen LogP contribution is -1.98. The van der Waals surface area contributed by atoms with E-state index in [-0.39, 0.29) is 0 Å². The molecule has 1 heterocycles. The second-order valence-electron chi connectivity index (χ2n) is 4.57. The van der Waals surface area contributed by atoms with Gasteiger partial charge in [-0.15, -0.1) is 0 Å². The van der Waals surface area contributed by atoms with E-state index in [9.17, 15) is 0 Å². The molecule has 3 rings (SSSR count). The number of aromatic nitrogens is 2. The maximum Gasteiger partial charge on any atom is 0.241 e. The smallest absolute Gasteiger partial charge is 0.241 e. The molecule has 102 valence electrons. The Bertz CT molecular complexity index is 868. The second kappa shape index (κ2) is 5.10. The number of fused-ring (bicyclic) bond motifs is 1. The molecule has 0 unspecified atom stereocenters. The molecular weight excluding hydrogens is 264 g/mol. The Morgan fingerprint density at radius 3 is 2.48 bits per heavy atom. The van der Waals surface area contributed by atoms with Crippen molar-refractivity contribution in [2.75, 3.05) is 5.73 Å². The summed E-state index contributed by atoms with van der Waals surface area (Å²) in [6, 6.07) is 14.5. The van der Waals surface area contributed by atoms with Gasteiger partial charge in [0.25, 0.3) is 0 Å². The number of para-hydroxylation sites is 2. The van der Waals surface area contributed by atoms with Crippen LogP contribution in [-0.4, -0.2) is 9.97 Å². The predicted molar refractivity (Wildman–Crippen MR) is 79.9 cm³/mol. The van der Waals surface area contributed by atoms with E-state index in [4.69, 9.17) is 15.7 Å². The third-order valence-corrected chi connectivity index (χ3v) is 3.05. The van der Waals surface area contributed by atoms with Gasteiger partial charge >= 0.3 is 0 Å². The fraction of sp³-hybridized carbons (Fsp3) is 0.0625. The largest absolute Gasteiger partial charge is 0.435 e. The number of aryl methyl sites for hydroxylation is 1. The summed E-state index contributed by atoms with van der Waals surface area (Å²) in [5.41, 5.74) is 9.01. The van der Waals surface area contributed by atoms with E-state index in [2.05, 4.69) is 9.97 Å². The summed E-state index contributed by atoms with van der Waals surface area (Å²) in [7, 11) is 0. The standard InChI is InChI=1S/C16H12N4O/c1-10-16(20-14-5-3-2-4-13(14)19-10)21-15-7-6-11(9-17)8-12(15)18/h2-8H,18H2,1H3. The Hall–Kier alpha value is -3.13. The Morgan fingerprint density at radius 1 is 1.10 bits per heavy atom. The number of ether oxygens (including phenoxy) is 1. The van der Waals surface area contributed by atoms with E-state index in [0.717, 1.165) is 11.0 Å². The van der Waals surface area contributed by atoms with Gasteiger partial charge in [0, 0.05) is 0 Å². The van der Waals surface area contributed by atoms with Gasteiger partial charge in [0.15, 0.2) is 5.75 Å². The van der Waals surface area contributed by atoms with Gasteiger partial charge in [0.2, 0.25) is 5.88 Å². The number of nitrogen functional groups attached to an aromatic ring is 1. The molecule has 21 heavy (non-hydrogen) atoms. The monoisotopic (exact) mass is 276 g/mol. The average Bonchev–Trinajstić information content (AvgIpc) is 2.49. The topological polar surface area (TPSA) is 84.8 Å². The summed E-state index contributed by atoms with van der Waals surface area (Å²) >= 11 is 0. The van der Waals surface area contributed by atoms with Crippen LogP contribution in [0.25, 0.3) is 11.0 Å². The van der Waals surface area contributed by atoms with Crippen molar-refractivity contribution in [3.8, 4) is 17.7 Å². The lowest BCUT2D eigenvalue weighted by Gasteiger charge is -2.10. The van der Waals surface area contributed by atoms with Gasteiger partial charge in [0.1, 0.15) is 5.69 Å². The number of rotatable bonds is 2. The van der Waals surface area contributed by atoms with Crippen molar-refractivity contribution in [2.24, 2.45) is 0 Å².